The van der Waals surface area contributed by atoms with E-state index in [4.69, 9.17) is 0 Å². The fraction of sp³-hybridized carbons (Fsp3) is 0.136. The highest BCUT2D eigenvalue weighted by molar-refractivity contribution is 6.15. The maximum absolute atomic E-state index is 12.7. The molecule has 2 N–H and O–H groups in total. The molecule has 1 heterocycles. The number of halogens is 3. The quantitative estimate of drug-likeness (QED) is 0.451. The molecule has 0 atom stereocenters. The summed E-state index contributed by atoms with van der Waals surface area (Å²) >= 11 is 0. The number of pyridine rings is 1. The minimum atomic E-state index is -4.44. The smallest absolute Gasteiger partial charge is 0.368 e. The molecule has 2 aromatic carbocycles. The van der Waals surface area contributed by atoms with Crippen molar-refractivity contribution in [3.8, 4) is 0 Å². The number of nitrogens with one attached hydrogen (secondary N) is 2. The first-order valence-electron chi connectivity index (χ1n) is 9.10. The molecular weight excluding hydrogens is 395 g/mol. The van der Waals surface area contributed by atoms with Gasteiger partial charge in [-0.15, -0.1) is 0 Å². The van der Waals surface area contributed by atoms with Crippen LogP contribution in [0.1, 0.15) is 31.8 Å². The van der Waals surface area contributed by atoms with E-state index in [1.54, 1.807) is 54.6 Å². The predicted octanol–water partition coefficient (Wildman–Crippen LogP) is 4.17. The van der Waals surface area contributed by atoms with Crippen molar-refractivity contribution in [2.75, 3.05) is 18.4 Å². The largest absolute Gasteiger partial charge is 0.417 e. The Morgan fingerprint density at radius 2 is 1.50 bits per heavy atom. The zero-order valence-electron chi connectivity index (χ0n) is 15.7. The van der Waals surface area contributed by atoms with Gasteiger partial charge in [-0.3, -0.25) is 9.59 Å². The van der Waals surface area contributed by atoms with Crippen LogP contribution in [0.15, 0.2) is 72.9 Å². The van der Waals surface area contributed by atoms with Crippen LogP contribution in [-0.2, 0) is 6.18 Å². The SMILES string of the molecule is O=C(NCCNc1ccc(C(F)(F)F)cn1)c1ccccc1C(=O)c1ccccc1. The van der Waals surface area contributed by atoms with Crippen LogP contribution in [0.25, 0.3) is 0 Å². The van der Waals surface area contributed by atoms with Gasteiger partial charge in [0, 0.05) is 30.4 Å². The summed E-state index contributed by atoms with van der Waals surface area (Å²) < 4.78 is 37.6. The van der Waals surface area contributed by atoms with E-state index in [-0.39, 0.29) is 30.3 Å². The number of hydrogen-bond acceptors (Lipinski definition) is 4. The molecule has 8 heteroatoms. The lowest BCUT2D eigenvalue weighted by atomic mass is 9.98. The number of benzene rings is 2. The van der Waals surface area contributed by atoms with Gasteiger partial charge >= 0.3 is 6.18 Å². The number of hydrogen-bond donors (Lipinski definition) is 2. The Morgan fingerprint density at radius 1 is 0.833 bits per heavy atom. The number of carbonyl (C=O) groups excluding carboxylic acids is 2. The van der Waals surface area contributed by atoms with Gasteiger partial charge in [0.25, 0.3) is 5.91 Å². The molecule has 0 saturated heterocycles. The molecule has 0 radical (unpaired) electrons. The number of aromatic nitrogens is 1. The minimum absolute atomic E-state index is 0.190. The van der Waals surface area contributed by atoms with Crippen LogP contribution in [0, 0.1) is 0 Å². The summed E-state index contributed by atoms with van der Waals surface area (Å²) in [5, 5.41) is 5.52. The number of alkyl halides is 3. The topological polar surface area (TPSA) is 71.1 Å². The average Bonchev–Trinajstić information content (AvgIpc) is 2.76. The van der Waals surface area contributed by atoms with E-state index in [1.807, 2.05) is 0 Å². The Hall–Kier alpha value is -3.68. The van der Waals surface area contributed by atoms with Crippen LogP contribution in [0.2, 0.25) is 0 Å². The zero-order chi connectivity index (χ0) is 21.6. The van der Waals surface area contributed by atoms with Gasteiger partial charge in [0.15, 0.2) is 5.78 Å². The van der Waals surface area contributed by atoms with Crippen LogP contribution in [0.5, 0.6) is 0 Å². The first kappa shape index (κ1) is 21.0. The molecule has 1 aromatic heterocycles. The van der Waals surface area contributed by atoms with Gasteiger partial charge in [0.1, 0.15) is 5.82 Å². The van der Waals surface area contributed by atoms with Gasteiger partial charge in [0.05, 0.1) is 11.1 Å². The lowest BCUT2D eigenvalue weighted by Crippen LogP contribution is -2.30. The number of carbonyl (C=O) groups is 2. The predicted molar refractivity (Wildman–Crippen MR) is 106 cm³/mol. The molecule has 0 bridgehead atoms. The summed E-state index contributed by atoms with van der Waals surface area (Å²) in [4.78, 5) is 28.9. The Kier molecular flexibility index (Phi) is 6.46. The highest BCUT2D eigenvalue weighted by atomic mass is 19.4. The molecule has 0 aliphatic carbocycles. The van der Waals surface area contributed by atoms with Crippen LogP contribution < -0.4 is 10.6 Å². The second-order valence-corrected chi connectivity index (χ2v) is 6.35. The molecule has 0 unspecified atom stereocenters. The highest BCUT2D eigenvalue weighted by Gasteiger charge is 2.30. The van der Waals surface area contributed by atoms with Gasteiger partial charge in [-0.2, -0.15) is 13.2 Å². The second-order valence-electron chi connectivity index (χ2n) is 6.35. The van der Waals surface area contributed by atoms with Crippen molar-refractivity contribution >= 4 is 17.5 Å². The third kappa shape index (κ3) is 5.22. The van der Waals surface area contributed by atoms with Crippen LogP contribution in [-0.4, -0.2) is 29.8 Å². The highest BCUT2D eigenvalue weighted by Crippen LogP contribution is 2.28. The molecule has 3 rings (SSSR count). The maximum Gasteiger partial charge on any atom is 0.417 e. The standard InChI is InChI=1S/C22H18F3N3O2/c23-22(24,25)16-10-11-19(28-14-16)26-12-13-27-21(30)18-9-5-4-8-17(18)20(29)15-6-2-1-3-7-15/h1-11,14H,12-13H2,(H,26,28)(H,27,30). The minimum Gasteiger partial charge on any atom is -0.368 e. The fourth-order valence-corrected chi connectivity index (χ4v) is 2.75. The fourth-order valence-electron chi connectivity index (χ4n) is 2.75. The summed E-state index contributed by atoms with van der Waals surface area (Å²) in [6, 6.07) is 17.3. The number of amides is 1. The monoisotopic (exact) mass is 413 g/mol. The molecule has 0 aliphatic rings. The molecule has 5 nitrogen and oxygen atoms in total. The van der Waals surface area contributed by atoms with Crippen molar-refractivity contribution in [3.05, 3.63) is 95.2 Å². The van der Waals surface area contributed by atoms with Gasteiger partial charge in [-0.1, -0.05) is 48.5 Å². The maximum atomic E-state index is 12.7. The summed E-state index contributed by atoms with van der Waals surface area (Å²) in [5.74, 6) is -0.414. The van der Waals surface area contributed by atoms with Crippen molar-refractivity contribution in [3.63, 3.8) is 0 Å². The molecule has 1 amide bonds. The summed E-state index contributed by atoms with van der Waals surface area (Å²) in [5.41, 5.74) is 0.186. The number of anilines is 1. The lowest BCUT2D eigenvalue weighted by molar-refractivity contribution is -0.137. The van der Waals surface area contributed by atoms with Crippen molar-refractivity contribution in [2.45, 2.75) is 6.18 Å². The van der Waals surface area contributed by atoms with Gasteiger partial charge < -0.3 is 10.6 Å². The molecule has 0 fully saturated rings. The number of ketones is 1. The summed E-state index contributed by atoms with van der Waals surface area (Å²) in [7, 11) is 0. The molecular formula is C22H18F3N3O2. The first-order valence-corrected chi connectivity index (χ1v) is 9.10. The first-order chi connectivity index (χ1) is 14.4. The van der Waals surface area contributed by atoms with Gasteiger partial charge in [-0.25, -0.2) is 4.98 Å². The molecule has 154 valence electrons. The Labute approximate surface area is 171 Å². The van der Waals surface area contributed by atoms with E-state index >= 15 is 0 Å². The van der Waals surface area contributed by atoms with E-state index < -0.39 is 17.6 Å². The van der Waals surface area contributed by atoms with Crippen LogP contribution in [0.4, 0.5) is 19.0 Å². The Morgan fingerprint density at radius 3 is 2.13 bits per heavy atom. The van der Waals surface area contributed by atoms with E-state index in [1.165, 1.54) is 6.07 Å². The van der Waals surface area contributed by atoms with Crippen LogP contribution >= 0.6 is 0 Å². The lowest BCUT2D eigenvalue weighted by Gasteiger charge is -2.11. The Bertz CT molecular complexity index is 1020. The zero-order valence-corrected chi connectivity index (χ0v) is 15.7. The van der Waals surface area contributed by atoms with Crippen molar-refractivity contribution in [2.24, 2.45) is 0 Å². The molecule has 0 saturated carbocycles. The Balaban J connectivity index is 1.58. The van der Waals surface area contributed by atoms with E-state index in [0.717, 1.165) is 12.3 Å². The third-order valence-electron chi connectivity index (χ3n) is 4.26. The number of nitrogens with zero attached hydrogens (tertiary/aromatic N) is 1. The van der Waals surface area contributed by atoms with Crippen molar-refractivity contribution in [1.82, 2.24) is 10.3 Å². The molecule has 0 spiro atoms. The van der Waals surface area contributed by atoms with E-state index in [2.05, 4.69) is 15.6 Å². The molecule has 0 aliphatic heterocycles. The molecule has 30 heavy (non-hydrogen) atoms. The van der Waals surface area contributed by atoms with E-state index in [0.29, 0.717) is 11.1 Å². The summed E-state index contributed by atoms with van der Waals surface area (Å²) in [6.45, 7) is 0.439. The van der Waals surface area contributed by atoms with Crippen molar-refractivity contribution in [1.29, 1.82) is 0 Å². The third-order valence-corrected chi connectivity index (χ3v) is 4.26. The normalized spacial score (nSPS) is 11.0. The van der Waals surface area contributed by atoms with Crippen LogP contribution in [0.3, 0.4) is 0 Å². The second kappa shape index (κ2) is 9.21. The van der Waals surface area contributed by atoms with Crippen molar-refractivity contribution < 1.29 is 22.8 Å². The number of rotatable bonds is 7. The van der Waals surface area contributed by atoms with Gasteiger partial charge in [-0.05, 0) is 18.2 Å². The average molecular weight is 413 g/mol. The van der Waals surface area contributed by atoms with Gasteiger partial charge in [0.2, 0.25) is 0 Å². The molecule has 3 aromatic rings. The van der Waals surface area contributed by atoms with E-state index in [9.17, 15) is 22.8 Å². The summed E-state index contributed by atoms with van der Waals surface area (Å²) in [6.07, 6.45) is -3.70.